The van der Waals surface area contributed by atoms with Crippen LogP contribution in [-0.2, 0) is 0 Å². The highest BCUT2D eigenvalue weighted by atomic mass is 35.5. The zero-order valence-corrected chi connectivity index (χ0v) is 16.4. The fourth-order valence-electron chi connectivity index (χ4n) is 2.39. The van der Waals surface area contributed by atoms with Gasteiger partial charge in [-0.1, -0.05) is 30.1 Å². The molecule has 2 rings (SSSR count). The number of hydrogen-bond acceptors (Lipinski definition) is 3. The van der Waals surface area contributed by atoms with Gasteiger partial charge in [0.25, 0.3) is 11.8 Å². The van der Waals surface area contributed by atoms with E-state index in [1.807, 2.05) is 25.9 Å². The highest BCUT2D eigenvalue weighted by molar-refractivity contribution is 6.37. The molecule has 0 unspecified atom stereocenters. The summed E-state index contributed by atoms with van der Waals surface area (Å²) in [5.74, 6) is -0.555. The van der Waals surface area contributed by atoms with Crippen molar-refractivity contribution in [1.29, 1.82) is 0 Å². The number of nitrogens with zero attached hydrogens (tertiary/aromatic N) is 1. The van der Waals surface area contributed by atoms with Crippen LogP contribution in [0, 0.1) is 0 Å². The molecule has 0 aromatic heterocycles. The summed E-state index contributed by atoms with van der Waals surface area (Å²) in [5, 5.41) is 6.35. The standard InChI is InChI=1S/C19H21Cl2N3O2/c1-4-9-22-18(25)15-11-13(6-8-17(15)24(2)3)23-19(26)14-7-5-12(20)10-16(14)21/h5-8,10-11H,4,9H2,1-3H3,(H,22,25)(H,23,26). The Labute approximate surface area is 163 Å². The quantitative estimate of drug-likeness (QED) is 0.761. The predicted octanol–water partition coefficient (Wildman–Crippen LogP) is 4.45. The number of anilines is 2. The van der Waals surface area contributed by atoms with E-state index < -0.39 is 0 Å². The molecular formula is C19H21Cl2N3O2. The number of benzene rings is 2. The summed E-state index contributed by atoms with van der Waals surface area (Å²) in [4.78, 5) is 26.8. The molecule has 2 aromatic rings. The zero-order valence-electron chi connectivity index (χ0n) is 14.9. The van der Waals surface area contributed by atoms with Gasteiger partial charge in [-0.2, -0.15) is 0 Å². The molecule has 7 heteroatoms. The van der Waals surface area contributed by atoms with Crippen molar-refractivity contribution >= 4 is 46.4 Å². The maximum Gasteiger partial charge on any atom is 0.257 e. The second-order valence-electron chi connectivity index (χ2n) is 5.96. The first-order valence-electron chi connectivity index (χ1n) is 8.19. The highest BCUT2D eigenvalue weighted by Crippen LogP contribution is 2.25. The number of nitrogens with one attached hydrogen (secondary N) is 2. The van der Waals surface area contributed by atoms with Gasteiger partial charge < -0.3 is 15.5 Å². The molecule has 0 bridgehead atoms. The normalized spacial score (nSPS) is 10.3. The van der Waals surface area contributed by atoms with Gasteiger partial charge in [0.1, 0.15) is 0 Å². The van der Waals surface area contributed by atoms with Crippen molar-refractivity contribution in [1.82, 2.24) is 5.32 Å². The van der Waals surface area contributed by atoms with Crippen molar-refractivity contribution < 1.29 is 9.59 Å². The van der Waals surface area contributed by atoms with Crippen LogP contribution in [0.5, 0.6) is 0 Å². The van der Waals surface area contributed by atoms with Crippen molar-refractivity contribution in [2.24, 2.45) is 0 Å². The molecule has 0 fully saturated rings. The fraction of sp³-hybridized carbons (Fsp3) is 0.263. The number of hydrogen-bond donors (Lipinski definition) is 2. The molecule has 0 aliphatic carbocycles. The lowest BCUT2D eigenvalue weighted by atomic mass is 10.1. The van der Waals surface area contributed by atoms with Crippen LogP contribution in [0.25, 0.3) is 0 Å². The lowest BCUT2D eigenvalue weighted by Gasteiger charge is -2.18. The number of carbonyl (C=O) groups is 2. The van der Waals surface area contributed by atoms with Crippen molar-refractivity contribution in [2.75, 3.05) is 30.9 Å². The van der Waals surface area contributed by atoms with Gasteiger partial charge in [-0.3, -0.25) is 9.59 Å². The van der Waals surface area contributed by atoms with Gasteiger partial charge >= 0.3 is 0 Å². The van der Waals surface area contributed by atoms with E-state index in [1.165, 1.54) is 6.07 Å². The molecule has 2 N–H and O–H groups in total. The molecule has 5 nitrogen and oxygen atoms in total. The van der Waals surface area contributed by atoms with E-state index in [9.17, 15) is 9.59 Å². The molecule has 2 aromatic carbocycles. The summed E-state index contributed by atoms with van der Waals surface area (Å²) in [6.45, 7) is 2.57. The molecule has 0 saturated carbocycles. The number of rotatable bonds is 6. The third-order valence-electron chi connectivity index (χ3n) is 3.69. The maximum absolute atomic E-state index is 12.5. The highest BCUT2D eigenvalue weighted by Gasteiger charge is 2.16. The van der Waals surface area contributed by atoms with Crippen molar-refractivity contribution in [3.63, 3.8) is 0 Å². The Morgan fingerprint density at radius 1 is 1.00 bits per heavy atom. The van der Waals surface area contributed by atoms with Crippen LogP contribution in [0.1, 0.15) is 34.1 Å². The molecule has 0 radical (unpaired) electrons. The second kappa shape index (κ2) is 8.92. The Bertz CT molecular complexity index is 822. The number of carbonyl (C=O) groups excluding carboxylic acids is 2. The Morgan fingerprint density at radius 2 is 1.73 bits per heavy atom. The van der Waals surface area contributed by atoms with E-state index >= 15 is 0 Å². The Hall–Kier alpha value is -2.24. The molecule has 0 atom stereocenters. The summed E-state index contributed by atoms with van der Waals surface area (Å²) < 4.78 is 0. The van der Waals surface area contributed by atoms with Crippen molar-refractivity contribution in [2.45, 2.75) is 13.3 Å². The fourth-order valence-corrected chi connectivity index (χ4v) is 2.89. The summed E-state index contributed by atoms with van der Waals surface area (Å²) in [7, 11) is 3.72. The van der Waals surface area contributed by atoms with Gasteiger partial charge in [-0.15, -0.1) is 0 Å². The predicted molar refractivity (Wildman–Crippen MR) is 108 cm³/mol. The largest absolute Gasteiger partial charge is 0.377 e. The Morgan fingerprint density at radius 3 is 2.35 bits per heavy atom. The molecule has 26 heavy (non-hydrogen) atoms. The molecule has 0 spiro atoms. The molecule has 0 saturated heterocycles. The van der Waals surface area contributed by atoms with E-state index in [2.05, 4.69) is 10.6 Å². The third kappa shape index (κ3) is 4.90. The molecule has 0 aliphatic heterocycles. The minimum absolute atomic E-state index is 0.184. The first-order valence-corrected chi connectivity index (χ1v) is 8.95. The van der Waals surface area contributed by atoms with Crippen LogP contribution < -0.4 is 15.5 Å². The topological polar surface area (TPSA) is 61.4 Å². The van der Waals surface area contributed by atoms with Crippen molar-refractivity contribution in [3.8, 4) is 0 Å². The van der Waals surface area contributed by atoms with Crippen LogP contribution in [0.15, 0.2) is 36.4 Å². The average Bonchev–Trinajstić information content (AvgIpc) is 2.59. The van der Waals surface area contributed by atoms with E-state index in [-0.39, 0.29) is 16.8 Å². The first-order chi connectivity index (χ1) is 12.3. The van der Waals surface area contributed by atoms with Gasteiger partial charge in [0.2, 0.25) is 0 Å². The van der Waals surface area contributed by atoms with Crippen molar-refractivity contribution in [3.05, 3.63) is 57.6 Å². The Kier molecular flexibility index (Phi) is 6.89. The van der Waals surface area contributed by atoms with Crippen LogP contribution in [0.4, 0.5) is 11.4 Å². The van der Waals surface area contributed by atoms with Crippen LogP contribution in [-0.4, -0.2) is 32.5 Å². The van der Waals surface area contributed by atoms with E-state index in [0.717, 1.165) is 12.1 Å². The number of amides is 2. The minimum Gasteiger partial charge on any atom is -0.377 e. The summed E-state index contributed by atoms with van der Waals surface area (Å²) >= 11 is 11.9. The lowest BCUT2D eigenvalue weighted by molar-refractivity contribution is 0.0952. The SMILES string of the molecule is CCCNC(=O)c1cc(NC(=O)c2ccc(Cl)cc2Cl)ccc1N(C)C. The first kappa shape index (κ1) is 20.1. The van der Waals surface area contributed by atoms with Gasteiger partial charge in [-0.25, -0.2) is 0 Å². The zero-order chi connectivity index (χ0) is 19.3. The van der Waals surface area contributed by atoms with Crippen LogP contribution in [0.3, 0.4) is 0 Å². The second-order valence-corrected chi connectivity index (χ2v) is 6.80. The molecule has 2 amide bonds. The molecule has 0 heterocycles. The van der Waals surface area contributed by atoms with Gasteiger partial charge in [0.15, 0.2) is 0 Å². The Balaban J connectivity index is 2.29. The minimum atomic E-state index is -0.371. The molecular weight excluding hydrogens is 373 g/mol. The number of halogens is 2. The lowest BCUT2D eigenvalue weighted by Crippen LogP contribution is -2.26. The summed E-state index contributed by atoms with van der Waals surface area (Å²) in [5.41, 5.74) is 2.07. The third-order valence-corrected chi connectivity index (χ3v) is 4.24. The van der Waals surface area contributed by atoms with E-state index in [4.69, 9.17) is 23.2 Å². The van der Waals surface area contributed by atoms with Crippen LogP contribution >= 0.6 is 23.2 Å². The summed E-state index contributed by atoms with van der Waals surface area (Å²) in [6.07, 6.45) is 0.842. The monoisotopic (exact) mass is 393 g/mol. The molecule has 138 valence electrons. The van der Waals surface area contributed by atoms with Crippen LogP contribution in [0.2, 0.25) is 10.0 Å². The van der Waals surface area contributed by atoms with Gasteiger partial charge in [0.05, 0.1) is 16.1 Å². The van der Waals surface area contributed by atoms with Gasteiger partial charge in [0, 0.05) is 37.0 Å². The average molecular weight is 394 g/mol. The smallest absolute Gasteiger partial charge is 0.257 e. The van der Waals surface area contributed by atoms with E-state index in [0.29, 0.717) is 28.4 Å². The van der Waals surface area contributed by atoms with E-state index in [1.54, 1.807) is 30.3 Å². The summed E-state index contributed by atoms with van der Waals surface area (Å²) in [6, 6.07) is 9.86. The molecule has 0 aliphatic rings. The van der Waals surface area contributed by atoms with Gasteiger partial charge in [-0.05, 0) is 42.8 Å². The maximum atomic E-state index is 12.5.